The molecule has 1 N–H and O–H groups in total. The van der Waals surface area contributed by atoms with Gasteiger partial charge in [0.1, 0.15) is 0 Å². The van der Waals surface area contributed by atoms with E-state index in [2.05, 4.69) is 9.97 Å². The van der Waals surface area contributed by atoms with Crippen molar-refractivity contribution in [3.8, 4) is 0 Å². The number of rotatable bonds is 0. The zero-order valence-corrected chi connectivity index (χ0v) is 7.90. The van der Waals surface area contributed by atoms with E-state index < -0.39 is 0 Å². The molecule has 0 spiro atoms. The second kappa shape index (κ2) is 2.92. The van der Waals surface area contributed by atoms with Crippen LogP contribution in [0.1, 0.15) is 0 Å². The molecule has 0 saturated heterocycles. The van der Waals surface area contributed by atoms with Crippen molar-refractivity contribution in [1.29, 1.82) is 0 Å². The van der Waals surface area contributed by atoms with E-state index in [-0.39, 0.29) is 5.69 Å². The van der Waals surface area contributed by atoms with Crippen LogP contribution in [0.4, 0.5) is 0 Å². The molecule has 3 nitrogen and oxygen atoms in total. The van der Waals surface area contributed by atoms with Crippen molar-refractivity contribution < 1.29 is 0 Å². The van der Waals surface area contributed by atoms with Gasteiger partial charge in [-0.05, 0) is 16.8 Å². The van der Waals surface area contributed by atoms with Gasteiger partial charge in [0.05, 0.1) is 5.52 Å². The van der Waals surface area contributed by atoms with Crippen LogP contribution in [0.15, 0.2) is 47.4 Å². The number of fused-ring (bicyclic) bond motifs is 3. The zero-order chi connectivity index (χ0) is 10.3. The number of hydrogen-bond donors (Lipinski definition) is 1. The van der Waals surface area contributed by atoms with Gasteiger partial charge in [0, 0.05) is 11.6 Å². The monoisotopic (exact) mass is 196 g/mol. The van der Waals surface area contributed by atoms with Gasteiger partial charge in [0.25, 0.3) is 0 Å². The Morgan fingerprint density at radius 2 is 1.87 bits per heavy atom. The number of H-pyrrole nitrogens is 1. The molecule has 0 radical (unpaired) electrons. The molecule has 0 amide bonds. The summed E-state index contributed by atoms with van der Waals surface area (Å²) in [5.74, 6) is 0. The van der Waals surface area contributed by atoms with Crippen LogP contribution >= 0.6 is 0 Å². The molecular weight excluding hydrogens is 188 g/mol. The topological polar surface area (TPSA) is 45.8 Å². The summed E-state index contributed by atoms with van der Waals surface area (Å²) in [5, 5.41) is 3.24. The maximum absolute atomic E-state index is 11.1. The minimum atomic E-state index is -0.308. The van der Waals surface area contributed by atoms with Crippen molar-refractivity contribution >= 4 is 21.7 Å². The summed E-state index contributed by atoms with van der Waals surface area (Å²) in [4.78, 5) is 17.5. The molecule has 0 aliphatic heterocycles. The van der Waals surface area contributed by atoms with Crippen molar-refractivity contribution in [1.82, 2.24) is 9.97 Å². The minimum Gasteiger partial charge on any atom is -0.305 e. The predicted octanol–water partition coefficient (Wildman–Crippen LogP) is 2.08. The molecule has 0 unspecified atom stereocenters. The summed E-state index contributed by atoms with van der Waals surface area (Å²) in [5.41, 5.74) is 0.520. The average molecular weight is 196 g/mol. The highest BCUT2D eigenvalue weighted by atomic mass is 16.1. The van der Waals surface area contributed by atoms with E-state index in [1.807, 2.05) is 36.4 Å². The van der Waals surface area contributed by atoms with Crippen LogP contribution < -0.4 is 5.69 Å². The number of benzene rings is 2. The van der Waals surface area contributed by atoms with Crippen molar-refractivity contribution in [2.45, 2.75) is 0 Å². The lowest BCUT2D eigenvalue weighted by Crippen LogP contribution is -2.08. The molecule has 0 fully saturated rings. The first-order valence-corrected chi connectivity index (χ1v) is 4.71. The number of aromatic nitrogens is 2. The van der Waals surface area contributed by atoms with Gasteiger partial charge in [-0.15, -0.1) is 0 Å². The maximum atomic E-state index is 11.1. The van der Waals surface area contributed by atoms with Crippen LogP contribution in [0.5, 0.6) is 0 Å². The molecule has 0 aliphatic carbocycles. The van der Waals surface area contributed by atoms with Crippen LogP contribution in [-0.4, -0.2) is 9.97 Å². The van der Waals surface area contributed by atoms with Gasteiger partial charge in [-0.25, -0.2) is 9.78 Å². The average Bonchev–Trinajstić information content (AvgIpc) is 2.28. The first kappa shape index (κ1) is 8.17. The highest BCUT2D eigenvalue weighted by Crippen LogP contribution is 2.21. The Morgan fingerprint density at radius 3 is 2.80 bits per heavy atom. The van der Waals surface area contributed by atoms with E-state index in [9.17, 15) is 4.79 Å². The quantitative estimate of drug-likeness (QED) is 0.559. The molecule has 72 valence electrons. The molecule has 1 aromatic heterocycles. The maximum Gasteiger partial charge on any atom is 0.345 e. The summed E-state index contributed by atoms with van der Waals surface area (Å²) in [6, 6.07) is 11.9. The third kappa shape index (κ3) is 1.21. The van der Waals surface area contributed by atoms with Gasteiger partial charge in [-0.3, -0.25) is 0 Å². The normalized spacial score (nSPS) is 10.9. The molecule has 3 aromatic rings. The third-order valence-corrected chi connectivity index (χ3v) is 2.52. The van der Waals surface area contributed by atoms with Crippen molar-refractivity contribution in [2.24, 2.45) is 0 Å². The van der Waals surface area contributed by atoms with Gasteiger partial charge in [0.2, 0.25) is 0 Å². The third-order valence-electron chi connectivity index (χ3n) is 2.52. The predicted molar refractivity (Wildman–Crippen MR) is 59.9 cm³/mol. The highest BCUT2D eigenvalue weighted by molar-refractivity contribution is 6.05. The molecule has 0 atom stereocenters. The van der Waals surface area contributed by atoms with Crippen molar-refractivity contribution in [3.63, 3.8) is 0 Å². The molecule has 3 heteroatoms. The van der Waals surface area contributed by atoms with Crippen LogP contribution in [0.25, 0.3) is 21.7 Å². The summed E-state index contributed by atoms with van der Waals surface area (Å²) in [6.45, 7) is 0. The SMILES string of the molecule is O=c1ncc2c(ccc3ccccc32)[nH]1. The molecule has 1 heterocycles. The highest BCUT2D eigenvalue weighted by Gasteiger charge is 2.00. The van der Waals surface area contributed by atoms with Crippen LogP contribution in [0, 0.1) is 0 Å². The van der Waals surface area contributed by atoms with Gasteiger partial charge in [-0.2, -0.15) is 0 Å². The molecule has 0 aliphatic rings. The van der Waals surface area contributed by atoms with Crippen molar-refractivity contribution in [3.05, 3.63) is 53.1 Å². The first-order chi connectivity index (χ1) is 7.34. The first-order valence-electron chi connectivity index (χ1n) is 4.71. The summed E-state index contributed by atoms with van der Waals surface area (Å²) >= 11 is 0. The van der Waals surface area contributed by atoms with Gasteiger partial charge in [-0.1, -0.05) is 30.3 Å². The van der Waals surface area contributed by atoms with Gasteiger partial charge in [0.15, 0.2) is 0 Å². The fourth-order valence-electron chi connectivity index (χ4n) is 1.81. The number of aromatic amines is 1. The van der Waals surface area contributed by atoms with Crippen LogP contribution in [0.3, 0.4) is 0 Å². The van der Waals surface area contributed by atoms with E-state index in [1.54, 1.807) is 6.20 Å². The Labute approximate surface area is 85.4 Å². The Bertz CT molecular complexity index is 700. The van der Waals surface area contributed by atoms with Gasteiger partial charge >= 0.3 is 5.69 Å². The number of hydrogen-bond acceptors (Lipinski definition) is 2. The molecular formula is C12H8N2O. The number of nitrogens with one attached hydrogen (secondary N) is 1. The molecule has 15 heavy (non-hydrogen) atoms. The lowest BCUT2D eigenvalue weighted by molar-refractivity contribution is 1.12. The zero-order valence-electron chi connectivity index (χ0n) is 7.90. The summed E-state index contributed by atoms with van der Waals surface area (Å²) in [7, 11) is 0. The van der Waals surface area contributed by atoms with E-state index in [0.717, 1.165) is 21.7 Å². The fourth-order valence-corrected chi connectivity index (χ4v) is 1.81. The second-order valence-corrected chi connectivity index (χ2v) is 3.44. The lowest BCUT2D eigenvalue weighted by atomic mass is 10.1. The van der Waals surface area contributed by atoms with Gasteiger partial charge < -0.3 is 4.98 Å². The molecule has 0 bridgehead atoms. The largest absolute Gasteiger partial charge is 0.345 e. The second-order valence-electron chi connectivity index (χ2n) is 3.44. The van der Waals surface area contributed by atoms with E-state index in [4.69, 9.17) is 0 Å². The minimum absolute atomic E-state index is 0.308. The van der Waals surface area contributed by atoms with Crippen molar-refractivity contribution in [2.75, 3.05) is 0 Å². The standard InChI is InChI=1S/C12H8N2O/c15-12-13-7-10-9-4-2-1-3-8(9)5-6-11(10)14-12/h1-7H,(H,13,14,15). The summed E-state index contributed by atoms with van der Waals surface area (Å²) < 4.78 is 0. The van der Waals surface area contributed by atoms with Crippen LogP contribution in [-0.2, 0) is 0 Å². The Balaban J connectivity index is 2.60. The molecule has 3 rings (SSSR count). The fraction of sp³-hybridized carbons (Fsp3) is 0. The van der Waals surface area contributed by atoms with E-state index in [0.29, 0.717) is 0 Å². The Kier molecular flexibility index (Phi) is 1.59. The Morgan fingerprint density at radius 1 is 1.00 bits per heavy atom. The smallest absolute Gasteiger partial charge is 0.305 e. The molecule has 0 saturated carbocycles. The lowest BCUT2D eigenvalue weighted by Gasteiger charge is -2.01. The summed E-state index contributed by atoms with van der Waals surface area (Å²) in [6.07, 6.45) is 1.62. The van der Waals surface area contributed by atoms with E-state index >= 15 is 0 Å². The Hall–Kier alpha value is -2.16. The van der Waals surface area contributed by atoms with E-state index in [1.165, 1.54) is 0 Å². The number of nitrogens with zero attached hydrogens (tertiary/aromatic N) is 1. The molecule has 2 aromatic carbocycles. The van der Waals surface area contributed by atoms with Crippen LogP contribution in [0.2, 0.25) is 0 Å².